The number of fused-ring (bicyclic) bond motifs is 3. The first-order chi connectivity index (χ1) is 23.3. The van der Waals surface area contributed by atoms with Gasteiger partial charge in [-0.05, 0) is 103 Å². The molecule has 3 aromatic heterocycles. The summed E-state index contributed by atoms with van der Waals surface area (Å²) >= 11 is 0. The van der Waals surface area contributed by atoms with Crippen LogP contribution in [-0.2, 0) is 0 Å². The number of para-hydroxylation sites is 1. The average Bonchev–Trinajstić information content (AvgIpc) is 3.84. The maximum absolute atomic E-state index is 14.3. The molecule has 7 heteroatoms. The van der Waals surface area contributed by atoms with Crippen molar-refractivity contribution in [3.8, 4) is 34.1 Å². The van der Waals surface area contributed by atoms with Crippen molar-refractivity contribution in [3.05, 3.63) is 126 Å². The zero-order valence-electron chi connectivity index (χ0n) is 27.7. The van der Waals surface area contributed by atoms with Crippen molar-refractivity contribution in [2.24, 2.45) is 0 Å². The van der Waals surface area contributed by atoms with Crippen LogP contribution in [-0.4, -0.2) is 32.4 Å². The number of hydrogen-bond donors (Lipinski definition) is 0. The Kier molecular flexibility index (Phi) is 7.47. The van der Waals surface area contributed by atoms with Crippen LogP contribution in [0.2, 0.25) is 0 Å². The van der Waals surface area contributed by atoms with Gasteiger partial charge in [-0.25, -0.2) is 14.1 Å². The first-order valence-electron chi connectivity index (χ1n) is 16.7. The van der Waals surface area contributed by atoms with Gasteiger partial charge in [0.15, 0.2) is 0 Å². The lowest BCUT2D eigenvalue weighted by Crippen LogP contribution is -2.17. The highest BCUT2D eigenvalue weighted by Gasteiger charge is 2.18. The van der Waals surface area contributed by atoms with Crippen LogP contribution < -0.4 is 9.64 Å². The van der Waals surface area contributed by atoms with E-state index >= 15 is 0 Å². The summed E-state index contributed by atoms with van der Waals surface area (Å²) in [5.41, 5.74) is 10.1. The van der Waals surface area contributed by atoms with Gasteiger partial charge in [-0.2, -0.15) is 5.10 Å². The van der Waals surface area contributed by atoms with Crippen LogP contribution in [0.5, 0.6) is 11.5 Å². The van der Waals surface area contributed by atoms with Crippen molar-refractivity contribution in [2.75, 3.05) is 18.0 Å². The second-order valence-corrected chi connectivity index (χ2v) is 13.2. The number of nitrogens with zero attached hydrogens (tertiary/aromatic N) is 5. The monoisotopic (exact) mass is 635 g/mol. The number of halogens is 1. The highest BCUT2D eigenvalue weighted by Crippen LogP contribution is 2.37. The molecule has 240 valence electrons. The Morgan fingerprint density at radius 3 is 2.31 bits per heavy atom. The quantitative estimate of drug-likeness (QED) is 0.175. The van der Waals surface area contributed by atoms with Crippen molar-refractivity contribution in [1.82, 2.24) is 19.3 Å². The third-order valence-corrected chi connectivity index (χ3v) is 9.52. The molecule has 48 heavy (non-hydrogen) atoms. The molecule has 0 spiro atoms. The minimum atomic E-state index is -0.331. The van der Waals surface area contributed by atoms with Crippen LogP contribution in [0.4, 0.5) is 10.1 Å². The molecule has 0 bridgehead atoms. The van der Waals surface area contributed by atoms with Crippen LogP contribution in [0.3, 0.4) is 0 Å². The molecule has 0 unspecified atom stereocenters. The van der Waals surface area contributed by atoms with Crippen LogP contribution in [0.25, 0.3) is 44.4 Å². The number of aromatic nitrogens is 4. The Morgan fingerprint density at radius 2 is 1.54 bits per heavy atom. The minimum Gasteiger partial charge on any atom is -0.457 e. The summed E-state index contributed by atoms with van der Waals surface area (Å²) in [5.74, 6) is 1.88. The molecular formula is C41H38FN5O. The highest BCUT2D eigenvalue weighted by molar-refractivity contribution is 6.09. The molecule has 0 saturated carbocycles. The molecule has 1 aliphatic heterocycles. The first kappa shape index (κ1) is 29.9. The van der Waals surface area contributed by atoms with Crippen molar-refractivity contribution >= 4 is 27.5 Å². The van der Waals surface area contributed by atoms with E-state index in [0.717, 1.165) is 57.5 Å². The molecular weight excluding hydrogens is 597 g/mol. The number of benzene rings is 4. The summed E-state index contributed by atoms with van der Waals surface area (Å²) in [6, 6.07) is 27.9. The summed E-state index contributed by atoms with van der Waals surface area (Å²) in [7, 11) is 0. The molecule has 0 amide bonds. The third kappa shape index (κ3) is 5.39. The number of rotatable bonds is 7. The third-order valence-electron chi connectivity index (χ3n) is 9.52. The lowest BCUT2D eigenvalue weighted by Gasteiger charge is -2.20. The summed E-state index contributed by atoms with van der Waals surface area (Å²) in [6.07, 6.45) is 8.10. The largest absolute Gasteiger partial charge is 0.457 e. The summed E-state index contributed by atoms with van der Waals surface area (Å²) in [4.78, 5) is 6.99. The minimum absolute atomic E-state index is 0.286. The van der Waals surface area contributed by atoms with Gasteiger partial charge in [0.2, 0.25) is 0 Å². The number of pyridine rings is 1. The maximum Gasteiger partial charge on any atom is 0.140 e. The van der Waals surface area contributed by atoms with Gasteiger partial charge in [0.05, 0.1) is 22.9 Å². The Labute approximate surface area is 280 Å². The van der Waals surface area contributed by atoms with Gasteiger partial charge in [-0.15, -0.1) is 0 Å². The second-order valence-electron chi connectivity index (χ2n) is 13.2. The van der Waals surface area contributed by atoms with Gasteiger partial charge in [0.25, 0.3) is 0 Å². The Morgan fingerprint density at radius 1 is 0.771 bits per heavy atom. The molecule has 0 atom stereocenters. The fourth-order valence-electron chi connectivity index (χ4n) is 7.19. The van der Waals surface area contributed by atoms with Crippen LogP contribution >= 0.6 is 0 Å². The van der Waals surface area contributed by atoms with E-state index in [0.29, 0.717) is 11.6 Å². The molecule has 0 radical (unpaired) electrons. The van der Waals surface area contributed by atoms with E-state index in [1.165, 1.54) is 53.5 Å². The fraction of sp³-hybridized carbons (Fsp3) is 0.220. The zero-order chi connectivity index (χ0) is 32.9. The lowest BCUT2D eigenvalue weighted by molar-refractivity contribution is 0.481. The first-order valence-corrected chi connectivity index (χ1v) is 16.7. The van der Waals surface area contributed by atoms with Crippen LogP contribution in [0, 0.1) is 19.7 Å². The van der Waals surface area contributed by atoms with Gasteiger partial charge < -0.3 is 9.64 Å². The van der Waals surface area contributed by atoms with E-state index in [9.17, 15) is 4.39 Å². The predicted octanol–water partition coefficient (Wildman–Crippen LogP) is 10.3. The molecule has 4 heterocycles. The van der Waals surface area contributed by atoms with Crippen LogP contribution in [0.1, 0.15) is 49.3 Å². The summed E-state index contributed by atoms with van der Waals surface area (Å²) in [6.45, 7) is 11.0. The van der Waals surface area contributed by atoms with Crippen molar-refractivity contribution in [3.63, 3.8) is 0 Å². The second kappa shape index (κ2) is 12.0. The predicted molar refractivity (Wildman–Crippen MR) is 193 cm³/mol. The van der Waals surface area contributed by atoms with E-state index in [4.69, 9.17) is 9.84 Å². The SMILES string of the molecule is Cc1cc(N2CCCC2)cc(C)c1-c1cnn(-c2cc(Oc3ccc4c5ccccc5n(-c5cc(F)ccn5)c4c3)cc(C(C)C)c2)c1. The van der Waals surface area contributed by atoms with E-state index in [-0.39, 0.29) is 11.7 Å². The molecule has 4 aromatic carbocycles. The van der Waals surface area contributed by atoms with Crippen LogP contribution in [0.15, 0.2) is 104 Å². The summed E-state index contributed by atoms with van der Waals surface area (Å²) in [5, 5.41) is 6.94. The van der Waals surface area contributed by atoms with Crippen molar-refractivity contribution < 1.29 is 9.13 Å². The number of aryl methyl sites for hydroxylation is 2. The standard InChI is InChI=1S/C41H38FN5O/c1-26(2)29-19-33(46-25-30(24-44-46)41-27(3)17-32(18-28(41)4)45-15-7-8-16-45)22-35(20-29)48-34-11-12-37-36-9-5-6-10-38(36)47(39(37)23-34)40-21-31(42)13-14-43-40/h5-6,9-14,17-26H,7-8,15-16H2,1-4H3. The van der Waals surface area contributed by atoms with Gasteiger partial charge >= 0.3 is 0 Å². The topological polar surface area (TPSA) is 48.1 Å². The molecule has 8 rings (SSSR count). The van der Waals surface area contributed by atoms with E-state index in [1.54, 1.807) is 0 Å². The molecule has 0 N–H and O–H groups in total. The fourth-order valence-corrected chi connectivity index (χ4v) is 7.19. The number of ether oxygens (including phenoxy) is 1. The zero-order valence-corrected chi connectivity index (χ0v) is 27.7. The smallest absolute Gasteiger partial charge is 0.140 e. The van der Waals surface area contributed by atoms with Gasteiger partial charge in [0.1, 0.15) is 23.1 Å². The normalized spacial score (nSPS) is 13.3. The highest BCUT2D eigenvalue weighted by atomic mass is 19.1. The Balaban J connectivity index is 1.16. The maximum atomic E-state index is 14.3. The molecule has 7 aromatic rings. The average molecular weight is 636 g/mol. The number of anilines is 1. The van der Waals surface area contributed by atoms with Gasteiger partial charge in [0, 0.05) is 65.7 Å². The van der Waals surface area contributed by atoms with Crippen molar-refractivity contribution in [2.45, 2.75) is 46.5 Å². The van der Waals surface area contributed by atoms with E-state index in [2.05, 4.69) is 80.2 Å². The lowest BCUT2D eigenvalue weighted by atomic mass is 9.97. The molecule has 1 aliphatic rings. The van der Waals surface area contributed by atoms with Gasteiger partial charge in [-0.3, -0.25) is 4.57 Å². The number of hydrogen-bond acceptors (Lipinski definition) is 4. The van der Waals surface area contributed by atoms with E-state index in [1.807, 2.05) is 51.8 Å². The Bertz CT molecular complexity index is 2290. The molecule has 1 saturated heterocycles. The molecule has 1 fully saturated rings. The molecule has 0 aliphatic carbocycles. The molecule has 6 nitrogen and oxygen atoms in total. The summed E-state index contributed by atoms with van der Waals surface area (Å²) < 4.78 is 24.9. The van der Waals surface area contributed by atoms with E-state index < -0.39 is 0 Å². The van der Waals surface area contributed by atoms with Crippen molar-refractivity contribution in [1.29, 1.82) is 0 Å². The Hall–Kier alpha value is -5.43. The van der Waals surface area contributed by atoms with Gasteiger partial charge in [-0.1, -0.05) is 32.0 Å².